The van der Waals surface area contributed by atoms with Crippen molar-refractivity contribution in [3.05, 3.63) is 0 Å². The second-order valence-corrected chi connectivity index (χ2v) is 5.54. The lowest BCUT2D eigenvalue weighted by atomic mass is 9.93. The molecular weight excluding hydrogens is 202 g/mol. The summed E-state index contributed by atoms with van der Waals surface area (Å²) in [7, 11) is 0. The van der Waals surface area contributed by atoms with E-state index in [1.807, 2.05) is 0 Å². The highest BCUT2D eigenvalue weighted by Gasteiger charge is 2.25. The van der Waals surface area contributed by atoms with Crippen LogP contribution in [-0.2, 0) is 9.47 Å². The Bertz CT molecular complexity index is 187. The molecule has 2 atom stereocenters. The summed E-state index contributed by atoms with van der Waals surface area (Å²) in [5.74, 6) is 0.607. The third-order valence-electron chi connectivity index (χ3n) is 2.96. The molecule has 0 aromatic rings. The Labute approximate surface area is 99.9 Å². The molecule has 1 N–H and O–H groups in total. The molecule has 0 amide bonds. The minimum Gasteiger partial charge on any atom is -0.381 e. The van der Waals surface area contributed by atoms with Crippen LogP contribution in [0.5, 0.6) is 0 Å². The van der Waals surface area contributed by atoms with Crippen LogP contribution >= 0.6 is 0 Å². The van der Waals surface area contributed by atoms with Crippen molar-refractivity contribution in [2.24, 2.45) is 5.92 Å². The van der Waals surface area contributed by atoms with E-state index >= 15 is 0 Å². The molecule has 1 heterocycles. The Morgan fingerprint density at radius 1 is 1.38 bits per heavy atom. The van der Waals surface area contributed by atoms with Crippen molar-refractivity contribution in [3.8, 4) is 0 Å². The third kappa shape index (κ3) is 5.28. The zero-order valence-corrected chi connectivity index (χ0v) is 11.2. The van der Waals surface area contributed by atoms with Crippen LogP contribution in [0.3, 0.4) is 0 Å². The summed E-state index contributed by atoms with van der Waals surface area (Å²) >= 11 is 0. The molecule has 1 saturated heterocycles. The lowest BCUT2D eigenvalue weighted by molar-refractivity contribution is -0.0297. The van der Waals surface area contributed by atoms with Crippen LogP contribution in [0.4, 0.5) is 0 Å². The first-order chi connectivity index (χ1) is 7.53. The number of hydrogen-bond donors (Lipinski definition) is 1. The van der Waals surface area contributed by atoms with Crippen molar-refractivity contribution in [1.29, 1.82) is 0 Å². The van der Waals surface area contributed by atoms with Gasteiger partial charge in [-0.15, -0.1) is 0 Å². The van der Waals surface area contributed by atoms with Gasteiger partial charge in [0.2, 0.25) is 0 Å². The second-order valence-electron chi connectivity index (χ2n) is 5.54. The quantitative estimate of drug-likeness (QED) is 0.784. The van der Waals surface area contributed by atoms with Gasteiger partial charge in [0.05, 0.1) is 12.2 Å². The van der Waals surface area contributed by atoms with E-state index in [0.717, 1.165) is 39.2 Å². The van der Waals surface area contributed by atoms with Gasteiger partial charge in [0.15, 0.2) is 0 Å². The summed E-state index contributed by atoms with van der Waals surface area (Å²) in [6.45, 7) is 12.1. The van der Waals surface area contributed by atoms with Gasteiger partial charge >= 0.3 is 0 Å². The van der Waals surface area contributed by atoms with Crippen LogP contribution in [-0.4, -0.2) is 38.0 Å². The first-order valence-electron chi connectivity index (χ1n) is 6.48. The molecule has 96 valence electrons. The van der Waals surface area contributed by atoms with Gasteiger partial charge in [0.1, 0.15) is 0 Å². The van der Waals surface area contributed by atoms with Crippen molar-refractivity contribution >= 4 is 0 Å². The minimum atomic E-state index is -0.0246. The number of hydrogen-bond acceptors (Lipinski definition) is 3. The normalized spacial score (nSPS) is 27.0. The Hall–Kier alpha value is -0.120. The molecule has 0 saturated carbocycles. The molecule has 0 bridgehead atoms. The van der Waals surface area contributed by atoms with E-state index in [0.29, 0.717) is 12.0 Å². The third-order valence-corrected chi connectivity index (χ3v) is 2.96. The van der Waals surface area contributed by atoms with E-state index in [-0.39, 0.29) is 5.60 Å². The van der Waals surface area contributed by atoms with Crippen molar-refractivity contribution in [3.63, 3.8) is 0 Å². The number of ether oxygens (including phenoxy) is 2. The van der Waals surface area contributed by atoms with Crippen LogP contribution < -0.4 is 5.32 Å². The Morgan fingerprint density at radius 2 is 2.12 bits per heavy atom. The van der Waals surface area contributed by atoms with Gasteiger partial charge in [-0.3, -0.25) is 0 Å². The highest BCUT2D eigenvalue weighted by molar-refractivity contribution is 4.79. The molecule has 3 heteroatoms. The van der Waals surface area contributed by atoms with E-state index in [9.17, 15) is 0 Å². The average molecular weight is 229 g/mol. The molecule has 1 aliphatic heterocycles. The van der Waals surface area contributed by atoms with Crippen molar-refractivity contribution in [2.45, 2.75) is 52.2 Å². The Morgan fingerprint density at radius 3 is 2.75 bits per heavy atom. The van der Waals surface area contributed by atoms with E-state index in [1.54, 1.807) is 0 Å². The van der Waals surface area contributed by atoms with Gasteiger partial charge < -0.3 is 14.8 Å². The maximum Gasteiger partial charge on any atom is 0.0598 e. The van der Waals surface area contributed by atoms with Crippen molar-refractivity contribution in [2.75, 3.05) is 26.4 Å². The van der Waals surface area contributed by atoms with E-state index < -0.39 is 0 Å². The number of nitrogens with one attached hydrogen (secondary N) is 1. The van der Waals surface area contributed by atoms with E-state index in [4.69, 9.17) is 9.47 Å². The summed E-state index contributed by atoms with van der Waals surface area (Å²) in [6, 6.07) is 0.613. The van der Waals surface area contributed by atoms with Crippen molar-refractivity contribution in [1.82, 2.24) is 5.32 Å². The van der Waals surface area contributed by atoms with E-state index in [2.05, 4.69) is 33.0 Å². The van der Waals surface area contributed by atoms with Gasteiger partial charge in [-0.2, -0.15) is 0 Å². The van der Waals surface area contributed by atoms with Gasteiger partial charge in [-0.05, 0) is 46.1 Å². The monoisotopic (exact) mass is 229 g/mol. The molecule has 1 aliphatic rings. The average Bonchev–Trinajstić information content (AvgIpc) is 2.19. The van der Waals surface area contributed by atoms with Gasteiger partial charge in [-0.1, -0.05) is 6.92 Å². The lowest BCUT2D eigenvalue weighted by Crippen LogP contribution is -2.43. The molecule has 0 aromatic carbocycles. The van der Waals surface area contributed by atoms with Crippen LogP contribution in [0.1, 0.15) is 40.5 Å². The summed E-state index contributed by atoms with van der Waals surface area (Å²) in [5, 5.41) is 3.55. The maximum absolute atomic E-state index is 5.78. The summed E-state index contributed by atoms with van der Waals surface area (Å²) < 4.78 is 11.3. The van der Waals surface area contributed by atoms with E-state index in [1.165, 1.54) is 0 Å². The largest absolute Gasteiger partial charge is 0.381 e. The van der Waals surface area contributed by atoms with Crippen molar-refractivity contribution < 1.29 is 9.47 Å². The smallest absolute Gasteiger partial charge is 0.0598 e. The summed E-state index contributed by atoms with van der Waals surface area (Å²) in [6.07, 6.45) is 2.23. The summed E-state index contributed by atoms with van der Waals surface area (Å²) in [5.41, 5.74) is -0.0246. The molecule has 1 fully saturated rings. The fraction of sp³-hybridized carbons (Fsp3) is 1.00. The predicted molar refractivity (Wildman–Crippen MR) is 66.7 cm³/mol. The molecule has 0 aliphatic carbocycles. The van der Waals surface area contributed by atoms with Crippen LogP contribution in [0, 0.1) is 5.92 Å². The maximum atomic E-state index is 5.78. The fourth-order valence-corrected chi connectivity index (χ4v) is 2.13. The molecule has 0 aromatic heterocycles. The SMILES string of the molecule is CCNC1CCOCC1CCOC(C)(C)C. The molecule has 0 spiro atoms. The molecule has 0 radical (unpaired) electrons. The molecule has 3 nitrogen and oxygen atoms in total. The molecule has 2 unspecified atom stereocenters. The highest BCUT2D eigenvalue weighted by Crippen LogP contribution is 2.19. The zero-order valence-electron chi connectivity index (χ0n) is 11.2. The minimum absolute atomic E-state index is 0.0246. The van der Waals surface area contributed by atoms with Gasteiger partial charge in [0.25, 0.3) is 0 Å². The molecule has 1 rings (SSSR count). The highest BCUT2D eigenvalue weighted by atomic mass is 16.5. The number of rotatable bonds is 5. The van der Waals surface area contributed by atoms with Crippen LogP contribution in [0.25, 0.3) is 0 Å². The second kappa shape index (κ2) is 6.58. The lowest BCUT2D eigenvalue weighted by Gasteiger charge is -2.32. The first-order valence-corrected chi connectivity index (χ1v) is 6.48. The predicted octanol–water partition coefficient (Wildman–Crippen LogP) is 2.21. The Balaban J connectivity index is 2.27. The molecular formula is C13H27NO2. The standard InChI is InChI=1S/C13H27NO2/c1-5-14-12-7-8-15-10-11(12)6-9-16-13(2,3)4/h11-12,14H,5-10H2,1-4H3. The Kier molecular flexibility index (Phi) is 5.73. The van der Waals surface area contributed by atoms with Crippen LogP contribution in [0.2, 0.25) is 0 Å². The van der Waals surface area contributed by atoms with Gasteiger partial charge in [-0.25, -0.2) is 0 Å². The molecule has 16 heavy (non-hydrogen) atoms. The topological polar surface area (TPSA) is 30.5 Å². The summed E-state index contributed by atoms with van der Waals surface area (Å²) in [4.78, 5) is 0. The van der Waals surface area contributed by atoms with Gasteiger partial charge in [0, 0.05) is 19.3 Å². The zero-order chi connectivity index (χ0) is 12.0. The first kappa shape index (κ1) is 13.9. The fourth-order valence-electron chi connectivity index (χ4n) is 2.13. The van der Waals surface area contributed by atoms with Crippen LogP contribution in [0.15, 0.2) is 0 Å².